The minimum Gasteiger partial charge on any atom is -0.341 e. The summed E-state index contributed by atoms with van der Waals surface area (Å²) in [6.45, 7) is 3.89. The largest absolute Gasteiger partial charge is 0.341 e. The third-order valence-electron chi connectivity index (χ3n) is 4.75. The number of rotatable bonds is 4. The van der Waals surface area contributed by atoms with E-state index in [4.69, 9.17) is 0 Å². The van der Waals surface area contributed by atoms with Crippen LogP contribution < -0.4 is 5.32 Å². The van der Waals surface area contributed by atoms with Gasteiger partial charge in [0.05, 0.1) is 6.04 Å². The number of benzene rings is 1. The summed E-state index contributed by atoms with van der Waals surface area (Å²) in [4.78, 5) is 14.3. The van der Waals surface area contributed by atoms with Gasteiger partial charge in [-0.05, 0) is 56.2 Å². The number of hydrogen-bond donors (Lipinski definition) is 1. The Morgan fingerprint density at radius 1 is 1.24 bits per heavy atom. The van der Waals surface area contributed by atoms with Gasteiger partial charge in [-0.25, -0.2) is 0 Å². The topological polar surface area (TPSA) is 32.3 Å². The summed E-state index contributed by atoms with van der Waals surface area (Å²) in [6, 6.07) is 9.05. The minimum atomic E-state index is -0.0426. The van der Waals surface area contributed by atoms with Crippen LogP contribution in [0.1, 0.15) is 44.1 Å². The fourth-order valence-corrected chi connectivity index (χ4v) is 3.66. The average Bonchev–Trinajstić information content (AvgIpc) is 2.96. The Balaban J connectivity index is 1.46. The lowest BCUT2D eigenvalue weighted by Crippen LogP contribution is -2.51. The SMILES string of the molecule is CC(NC1CC(c2ccc(Br)cc2)C1)C(=O)N1CCCC1. The van der Waals surface area contributed by atoms with Crippen LogP contribution in [-0.4, -0.2) is 36.0 Å². The van der Waals surface area contributed by atoms with E-state index in [0.29, 0.717) is 12.0 Å². The first-order chi connectivity index (χ1) is 10.1. The van der Waals surface area contributed by atoms with Crippen molar-refractivity contribution < 1.29 is 4.79 Å². The molecule has 1 N–H and O–H groups in total. The molecule has 2 aliphatic rings. The van der Waals surface area contributed by atoms with Gasteiger partial charge in [-0.2, -0.15) is 0 Å². The quantitative estimate of drug-likeness (QED) is 0.903. The van der Waals surface area contributed by atoms with Crippen LogP contribution in [0, 0.1) is 0 Å². The van der Waals surface area contributed by atoms with Crippen LogP contribution in [0.2, 0.25) is 0 Å². The summed E-state index contributed by atoms with van der Waals surface area (Å²) in [5.74, 6) is 0.921. The highest BCUT2D eigenvalue weighted by molar-refractivity contribution is 9.10. The molecule has 0 radical (unpaired) electrons. The number of carbonyl (C=O) groups is 1. The normalized spacial score (nSPS) is 26.5. The van der Waals surface area contributed by atoms with E-state index in [1.165, 1.54) is 5.56 Å². The molecule has 21 heavy (non-hydrogen) atoms. The van der Waals surface area contributed by atoms with Crippen molar-refractivity contribution in [1.82, 2.24) is 10.2 Å². The van der Waals surface area contributed by atoms with Crippen molar-refractivity contribution in [3.8, 4) is 0 Å². The maximum Gasteiger partial charge on any atom is 0.239 e. The van der Waals surface area contributed by atoms with Crippen LogP contribution in [0.25, 0.3) is 0 Å². The second-order valence-corrected chi connectivity index (χ2v) is 7.25. The zero-order chi connectivity index (χ0) is 14.8. The molecule has 0 aromatic heterocycles. The summed E-state index contributed by atoms with van der Waals surface area (Å²) in [6.07, 6.45) is 4.60. The van der Waals surface area contributed by atoms with Gasteiger partial charge in [0.15, 0.2) is 0 Å². The van der Waals surface area contributed by atoms with E-state index in [1.54, 1.807) is 0 Å². The molecule has 1 aromatic carbocycles. The summed E-state index contributed by atoms with van der Waals surface area (Å²) in [5.41, 5.74) is 1.41. The molecule has 1 aromatic rings. The van der Waals surface area contributed by atoms with Gasteiger partial charge in [-0.3, -0.25) is 4.79 Å². The number of nitrogens with one attached hydrogen (secondary N) is 1. The molecule has 3 nitrogen and oxygen atoms in total. The first-order valence-electron chi connectivity index (χ1n) is 7.94. The van der Waals surface area contributed by atoms with Crippen LogP contribution in [0.15, 0.2) is 28.7 Å². The van der Waals surface area contributed by atoms with Gasteiger partial charge in [0.1, 0.15) is 0 Å². The molecule has 0 spiro atoms. The zero-order valence-electron chi connectivity index (χ0n) is 12.5. The summed E-state index contributed by atoms with van der Waals surface area (Å²) >= 11 is 3.47. The van der Waals surface area contributed by atoms with Crippen LogP contribution in [0.3, 0.4) is 0 Å². The zero-order valence-corrected chi connectivity index (χ0v) is 14.1. The second kappa shape index (κ2) is 6.49. The highest BCUT2D eigenvalue weighted by Gasteiger charge is 2.33. The predicted molar refractivity (Wildman–Crippen MR) is 88.3 cm³/mol. The highest BCUT2D eigenvalue weighted by atomic mass is 79.9. The molecule has 1 saturated heterocycles. The Bertz CT molecular complexity index is 490. The summed E-state index contributed by atoms with van der Waals surface area (Å²) < 4.78 is 1.13. The van der Waals surface area contributed by atoms with E-state index in [9.17, 15) is 4.79 Å². The van der Waals surface area contributed by atoms with Gasteiger partial charge in [0, 0.05) is 23.6 Å². The number of nitrogens with zero attached hydrogens (tertiary/aromatic N) is 1. The van der Waals surface area contributed by atoms with Crippen molar-refractivity contribution in [2.45, 2.75) is 50.6 Å². The fourth-order valence-electron chi connectivity index (χ4n) is 3.40. The second-order valence-electron chi connectivity index (χ2n) is 6.34. The molecule has 1 amide bonds. The molecule has 0 bridgehead atoms. The molecule has 2 fully saturated rings. The van der Waals surface area contributed by atoms with Gasteiger partial charge in [0.25, 0.3) is 0 Å². The van der Waals surface area contributed by atoms with Gasteiger partial charge < -0.3 is 10.2 Å². The average molecular weight is 351 g/mol. The lowest BCUT2D eigenvalue weighted by molar-refractivity contribution is -0.132. The molecular formula is C17H23BrN2O. The van der Waals surface area contributed by atoms with Crippen LogP contribution in [0.5, 0.6) is 0 Å². The first-order valence-corrected chi connectivity index (χ1v) is 8.73. The van der Waals surface area contributed by atoms with Crippen LogP contribution in [0.4, 0.5) is 0 Å². The van der Waals surface area contributed by atoms with Crippen LogP contribution in [-0.2, 0) is 4.79 Å². The number of carbonyl (C=O) groups excluding carboxylic acids is 1. The van der Waals surface area contributed by atoms with Crippen molar-refractivity contribution in [1.29, 1.82) is 0 Å². The Kier molecular flexibility index (Phi) is 4.65. The molecule has 1 aliphatic heterocycles. The first kappa shape index (κ1) is 15.0. The van der Waals surface area contributed by atoms with E-state index in [0.717, 1.165) is 43.2 Å². The predicted octanol–water partition coefficient (Wildman–Crippen LogP) is 3.30. The third kappa shape index (κ3) is 3.49. The third-order valence-corrected chi connectivity index (χ3v) is 5.28. The smallest absolute Gasteiger partial charge is 0.239 e. The Morgan fingerprint density at radius 3 is 2.48 bits per heavy atom. The van der Waals surface area contributed by atoms with Crippen LogP contribution >= 0.6 is 15.9 Å². The number of hydrogen-bond acceptors (Lipinski definition) is 2. The van der Waals surface area contributed by atoms with Gasteiger partial charge in [-0.15, -0.1) is 0 Å². The van der Waals surface area contributed by atoms with Gasteiger partial charge >= 0.3 is 0 Å². The number of likely N-dealkylation sites (tertiary alicyclic amines) is 1. The molecular weight excluding hydrogens is 328 g/mol. The monoisotopic (exact) mass is 350 g/mol. The standard InChI is InChI=1S/C17H23BrN2O/c1-12(17(21)20-8-2-3-9-20)19-16-10-14(11-16)13-4-6-15(18)7-5-13/h4-7,12,14,16,19H,2-3,8-11H2,1H3. The van der Waals surface area contributed by atoms with Gasteiger partial charge in [-0.1, -0.05) is 28.1 Å². The molecule has 1 aliphatic carbocycles. The van der Waals surface area contributed by atoms with Crippen molar-refractivity contribution in [3.05, 3.63) is 34.3 Å². The fraction of sp³-hybridized carbons (Fsp3) is 0.588. The Morgan fingerprint density at radius 2 is 1.86 bits per heavy atom. The molecule has 1 atom stereocenters. The maximum absolute atomic E-state index is 12.3. The van der Waals surface area contributed by atoms with E-state index in [2.05, 4.69) is 45.5 Å². The Hall–Kier alpha value is -0.870. The molecule has 1 heterocycles. The highest BCUT2D eigenvalue weighted by Crippen LogP contribution is 2.37. The molecule has 1 saturated carbocycles. The summed E-state index contributed by atoms with van der Waals surface area (Å²) in [5, 5.41) is 3.50. The summed E-state index contributed by atoms with van der Waals surface area (Å²) in [7, 11) is 0. The van der Waals surface area contributed by atoms with E-state index in [-0.39, 0.29) is 11.9 Å². The maximum atomic E-state index is 12.3. The molecule has 114 valence electrons. The lowest BCUT2D eigenvalue weighted by atomic mass is 9.75. The van der Waals surface area contributed by atoms with Gasteiger partial charge in [0.2, 0.25) is 5.91 Å². The number of halogens is 1. The van der Waals surface area contributed by atoms with Crippen molar-refractivity contribution in [3.63, 3.8) is 0 Å². The van der Waals surface area contributed by atoms with E-state index < -0.39 is 0 Å². The van der Waals surface area contributed by atoms with E-state index in [1.807, 2.05) is 11.8 Å². The molecule has 4 heteroatoms. The Labute approximate surface area is 135 Å². The lowest BCUT2D eigenvalue weighted by Gasteiger charge is -2.38. The van der Waals surface area contributed by atoms with E-state index >= 15 is 0 Å². The minimum absolute atomic E-state index is 0.0426. The van der Waals surface area contributed by atoms with Crippen molar-refractivity contribution in [2.75, 3.05) is 13.1 Å². The van der Waals surface area contributed by atoms with Crippen molar-refractivity contribution in [2.24, 2.45) is 0 Å². The molecule has 3 rings (SSSR count). The number of amides is 1. The van der Waals surface area contributed by atoms with Crippen molar-refractivity contribution >= 4 is 21.8 Å². The molecule has 1 unspecified atom stereocenters.